The van der Waals surface area contributed by atoms with Gasteiger partial charge in [0.2, 0.25) is 14.8 Å². The number of thiazole rings is 1. The average molecular weight is 403 g/mol. The van der Waals surface area contributed by atoms with Gasteiger partial charge in [-0.05, 0) is 30.3 Å². The molecule has 0 radical (unpaired) electrons. The van der Waals surface area contributed by atoms with Gasteiger partial charge in [0.05, 0.1) is 15.1 Å². The molecular weight excluding hydrogens is 384 g/mol. The minimum absolute atomic E-state index is 0.00409. The van der Waals surface area contributed by atoms with Crippen molar-refractivity contribution < 1.29 is 13.2 Å². The first-order chi connectivity index (χ1) is 12.9. The highest BCUT2D eigenvalue weighted by Crippen LogP contribution is 2.15. The van der Waals surface area contributed by atoms with E-state index in [4.69, 9.17) is 0 Å². The molecule has 0 unspecified atom stereocenters. The predicted molar refractivity (Wildman–Crippen MR) is 106 cm³/mol. The highest BCUT2D eigenvalue weighted by atomic mass is 32.2. The molecule has 2 aromatic carbocycles. The molecule has 1 aromatic heterocycles. The van der Waals surface area contributed by atoms with Crippen LogP contribution in [0.4, 0.5) is 0 Å². The third-order valence-corrected chi connectivity index (χ3v) is 6.33. The van der Waals surface area contributed by atoms with E-state index in [9.17, 15) is 13.2 Å². The maximum Gasteiger partial charge on any atom is 0.271 e. The van der Waals surface area contributed by atoms with Crippen LogP contribution in [0, 0.1) is 0 Å². The summed E-state index contributed by atoms with van der Waals surface area (Å²) in [5.41, 5.74) is 3.69. The van der Waals surface area contributed by atoms with Crippen molar-refractivity contribution in [3.05, 3.63) is 71.6 Å². The van der Waals surface area contributed by atoms with E-state index in [-0.39, 0.29) is 17.0 Å². The number of carbonyl (C=O) groups is 1. The summed E-state index contributed by atoms with van der Waals surface area (Å²) in [4.78, 5) is 13.0. The molecule has 1 heterocycles. The smallest absolute Gasteiger partial charge is 0.271 e. The maximum absolute atomic E-state index is 12.4. The van der Waals surface area contributed by atoms with E-state index in [1.165, 1.54) is 41.7 Å². The van der Waals surface area contributed by atoms with Gasteiger partial charge in [-0.15, -0.1) is 11.7 Å². The molecule has 0 saturated carbocycles. The van der Waals surface area contributed by atoms with Gasteiger partial charge in [-0.2, -0.15) is 0 Å². The molecule has 0 saturated heterocycles. The number of fused-ring (bicyclic) bond motifs is 1. The van der Waals surface area contributed by atoms with E-state index in [0.717, 1.165) is 10.2 Å². The Balaban J connectivity index is 1.85. The second kappa shape index (κ2) is 7.87. The number of benzene rings is 2. The zero-order valence-corrected chi connectivity index (χ0v) is 16.2. The van der Waals surface area contributed by atoms with E-state index in [0.29, 0.717) is 4.80 Å². The number of hydrogen-bond acceptors (Lipinski definition) is 5. The number of aromatic nitrogens is 1. The Bertz CT molecular complexity index is 1180. The van der Waals surface area contributed by atoms with Crippen LogP contribution in [0.3, 0.4) is 0 Å². The van der Waals surface area contributed by atoms with Gasteiger partial charge in [-0.1, -0.05) is 35.6 Å². The van der Waals surface area contributed by atoms with Gasteiger partial charge < -0.3 is 4.57 Å². The standard InChI is InChI=1S/C18H18N4O3S2/c1-3-11-19-27(24,25)14-8-6-7-13(12-14)17(23)20-21-18-22(2)15-9-4-5-10-16(15)26-18/h3-10,12,19H,1,11H2,2H3,(H,20,23)/b21-18-. The summed E-state index contributed by atoms with van der Waals surface area (Å²) in [5.74, 6) is -0.492. The van der Waals surface area contributed by atoms with Crippen molar-refractivity contribution in [3.63, 3.8) is 0 Å². The lowest BCUT2D eigenvalue weighted by Gasteiger charge is -2.06. The molecule has 0 atom stereocenters. The van der Waals surface area contributed by atoms with Crippen LogP contribution in [-0.2, 0) is 17.1 Å². The molecular formula is C18H18N4O3S2. The summed E-state index contributed by atoms with van der Waals surface area (Å²) in [7, 11) is -1.84. The van der Waals surface area contributed by atoms with E-state index in [2.05, 4.69) is 21.8 Å². The number of para-hydroxylation sites is 1. The zero-order valence-electron chi connectivity index (χ0n) is 14.5. The van der Waals surface area contributed by atoms with Crippen LogP contribution >= 0.6 is 11.3 Å². The summed E-state index contributed by atoms with van der Waals surface area (Å²) >= 11 is 1.44. The van der Waals surface area contributed by atoms with E-state index in [1.807, 2.05) is 35.9 Å². The molecule has 27 heavy (non-hydrogen) atoms. The lowest BCUT2D eigenvalue weighted by molar-refractivity contribution is 0.0952. The normalized spacial score (nSPS) is 12.3. The molecule has 9 heteroatoms. The number of nitrogens with zero attached hydrogens (tertiary/aromatic N) is 2. The van der Waals surface area contributed by atoms with Gasteiger partial charge in [0, 0.05) is 19.2 Å². The fourth-order valence-corrected chi connectivity index (χ4v) is 4.43. The van der Waals surface area contributed by atoms with Crippen LogP contribution in [0.5, 0.6) is 0 Å². The summed E-state index contributed by atoms with van der Waals surface area (Å²) in [6, 6.07) is 13.6. The largest absolute Gasteiger partial charge is 0.318 e. The number of carbonyl (C=O) groups excluding carboxylic acids is 1. The highest BCUT2D eigenvalue weighted by molar-refractivity contribution is 7.89. The Morgan fingerprint density at radius 1 is 1.26 bits per heavy atom. The van der Waals surface area contributed by atoms with Crippen molar-refractivity contribution in [1.82, 2.24) is 14.7 Å². The lowest BCUT2D eigenvalue weighted by atomic mass is 10.2. The topological polar surface area (TPSA) is 92.6 Å². The van der Waals surface area contributed by atoms with Gasteiger partial charge in [-0.25, -0.2) is 18.6 Å². The molecule has 0 bridgehead atoms. The zero-order chi connectivity index (χ0) is 19.4. The summed E-state index contributed by atoms with van der Waals surface area (Å²) in [5, 5.41) is 4.16. The third-order valence-electron chi connectivity index (χ3n) is 3.79. The SMILES string of the molecule is C=CCNS(=O)(=O)c1cccc(C(=O)N/N=c2\sc3ccccc3n2C)c1. The number of hydrogen-bond donors (Lipinski definition) is 2. The first kappa shape index (κ1) is 19.0. The Hall–Kier alpha value is -2.75. The fourth-order valence-electron chi connectivity index (χ4n) is 2.41. The van der Waals surface area contributed by atoms with Crippen LogP contribution < -0.4 is 14.9 Å². The van der Waals surface area contributed by atoms with Crippen LogP contribution in [0.1, 0.15) is 10.4 Å². The van der Waals surface area contributed by atoms with Crippen molar-refractivity contribution in [2.45, 2.75) is 4.90 Å². The lowest BCUT2D eigenvalue weighted by Crippen LogP contribution is -2.25. The highest BCUT2D eigenvalue weighted by Gasteiger charge is 2.15. The quantitative estimate of drug-likeness (QED) is 0.488. The van der Waals surface area contributed by atoms with Gasteiger partial charge in [0.1, 0.15) is 0 Å². The number of rotatable bonds is 6. The first-order valence-electron chi connectivity index (χ1n) is 8.01. The van der Waals surface area contributed by atoms with Crippen LogP contribution in [0.15, 0.2) is 71.2 Å². The number of aryl methyl sites for hydroxylation is 1. The Labute approximate surface area is 160 Å². The van der Waals surface area contributed by atoms with Crippen molar-refractivity contribution in [2.75, 3.05) is 6.54 Å². The monoisotopic (exact) mass is 402 g/mol. The van der Waals surface area contributed by atoms with E-state index >= 15 is 0 Å². The molecule has 2 N–H and O–H groups in total. The molecule has 0 aliphatic heterocycles. The van der Waals surface area contributed by atoms with Crippen molar-refractivity contribution in [3.8, 4) is 0 Å². The molecule has 0 aliphatic rings. The predicted octanol–water partition coefficient (Wildman–Crippen LogP) is 1.95. The Morgan fingerprint density at radius 3 is 2.78 bits per heavy atom. The second-order valence-corrected chi connectivity index (χ2v) is 8.41. The van der Waals surface area contributed by atoms with E-state index < -0.39 is 15.9 Å². The minimum atomic E-state index is -3.70. The average Bonchev–Trinajstić information content (AvgIpc) is 3.00. The Morgan fingerprint density at radius 2 is 2.04 bits per heavy atom. The van der Waals surface area contributed by atoms with Crippen LogP contribution in [0.25, 0.3) is 10.2 Å². The van der Waals surface area contributed by atoms with Crippen molar-refractivity contribution >= 4 is 37.5 Å². The fraction of sp³-hybridized carbons (Fsp3) is 0.111. The summed E-state index contributed by atoms with van der Waals surface area (Å²) in [6.07, 6.45) is 1.44. The number of amides is 1. The van der Waals surface area contributed by atoms with Gasteiger partial charge >= 0.3 is 0 Å². The maximum atomic E-state index is 12.4. The molecule has 0 aliphatic carbocycles. The molecule has 1 amide bonds. The van der Waals surface area contributed by atoms with Crippen LogP contribution in [-0.4, -0.2) is 25.4 Å². The summed E-state index contributed by atoms with van der Waals surface area (Å²) < 4.78 is 29.6. The second-order valence-electron chi connectivity index (χ2n) is 5.63. The van der Waals surface area contributed by atoms with Gasteiger partial charge in [0.25, 0.3) is 5.91 Å². The molecule has 3 aromatic rings. The number of sulfonamides is 1. The Kier molecular flexibility index (Phi) is 5.54. The number of nitrogens with one attached hydrogen (secondary N) is 2. The van der Waals surface area contributed by atoms with Gasteiger partial charge in [0.15, 0.2) is 0 Å². The summed E-state index contributed by atoms with van der Waals surface area (Å²) in [6.45, 7) is 3.58. The molecule has 3 rings (SSSR count). The van der Waals surface area contributed by atoms with Crippen molar-refractivity contribution in [1.29, 1.82) is 0 Å². The molecule has 0 fully saturated rings. The minimum Gasteiger partial charge on any atom is -0.318 e. The molecule has 7 nitrogen and oxygen atoms in total. The third kappa shape index (κ3) is 4.16. The van der Waals surface area contributed by atoms with E-state index in [1.54, 1.807) is 0 Å². The van der Waals surface area contributed by atoms with Crippen LogP contribution in [0.2, 0.25) is 0 Å². The van der Waals surface area contributed by atoms with Gasteiger partial charge in [-0.3, -0.25) is 4.79 Å². The first-order valence-corrected chi connectivity index (χ1v) is 10.3. The molecule has 0 spiro atoms. The molecule has 140 valence electrons. The van der Waals surface area contributed by atoms with Crippen molar-refractivity contribution in [2.24, 2.45) is 12.1 Å².